The Morgan fingerprint density at radius 1 is 1.30 bits per heavy atom. The molecule has 5 nitrogen and oxygen atoms in total. The molecular weight excluding hydrogens is 254 g/mol. The van der Waals surface area contributed by atoms with Gasteiger partial charge < -0.3 is 9.88 Å². The van der Waals surface area contributed by atoms with E-state index in [2.05, 4.69) is 36.7 Å². The molecule has 106 valence electrons. The number of aryl methyl sites for hydroxylation is 1. The molecule has 0 saturated heterocycles. The molecule has 0 aliphatic carbocycles. The molecule has 1 N–H and O–H groups in total. The van der Waals surface area contributed by atoms with Crippen molar-refractivity contribution in [1.82, 2.24) is 4.57 Å². The van der Waals surface area contributed by atoms with Gasteiger partial charge in [0.1, 0.15) is 5.69 Å². The van der Waals surface area contributed by atoms with E-state index in [1.165, 1.54) is 23.0 Å². The van der Waals surface area contributed by atoms with Gasteiger partial charge in [0.2, 0.25) is 0 Å². The second kappa shape index (κ2) is 5.77. The zero-order valence-corrected chi connectivity index (χ0v) is 12.0. The van der Waals surface area contributed by atoms with Gasteiger partial charge in [-0.15, -0.1) is 0 Å². The number of benzene rings is 1. The lowest BCUT2D eigenvalue weighted by molar-refractivity contribution is -0.384. The average Bonchev–Trinajstić information content (AvgIpc) is 2.70. The van der Waals surface area contributed by atoms with Gasteiger partial charge in [-0.25, -0.2) is 0 Å². The molecule has 0 radical (unpaired) electrons. The van der Waals surface area contributed by atoms with Crippen molar-refractivity contribution < 1.29 is 4.92 Å². The fraction of sp³-hybridized carbons (Fsp3) is 0.333. The molecule has 2 aromatic rings. The third-order valence-corrected chi connectivity index (χ3v) is 3.56. The predicted molar refractivity (Wildman–Crippen MR) is 80.0 cm³/mol. The number of hydrogen-bond donors (Lipinski definition) is 1. The lowest BCUT2D eigenvalue weighted by Crippen LogP contribution is -2.04. The molecule has 0 unspecified atom stereocenters. The highest BCUT2D eigenvalue weighted by atomic mass is 16.6. The number of nitro benzene ring substituents is 1. The second-order valence-corrected chi connectivity index (χ2v) is 4.77. The smallest absolute Gasteiger partial charge is 0.292 e. The molecule has 2 rings (SSSR count). The third kappa shape index (κ3) is 2.66. The van der Waals surface area contributed by atoms with Crippen molar-refractivity contribution in [2.24, 2.45) is 0 Å². The summed E-state index contributed by atoms with van der Waals surface area (Å²) in [6, 6.07) is 8.84. The Hall–Kier alpha value is -2.30. The van der Waals surface area contributed by atoms with Crippen LogP contribution in [-0.4, -0.2) is 9.49 Å². The molecule has 0 bridgehead atoms. The third-order valence-electron chi connectivity index (χ3n) is 3.56. The summed E-state index contributed by atoms with van der Waals surface area (Å²) in [6.45, 7) is 7.78. The lowest BCUT2D eigenvalue weighted by atomic mass is 10.2. The molecular formula is C15H19N3O2. The van der Waals surface area contributed by atoms with Gasteiger partial charge in [0.05, 0.1) is 4.92 Å². The number of nitrogens with zero attached hydrogens (tertiary/aromatic N) is 2. The molecule has 0 fully saturated rings. The topological polar surface area (TPSA) is 60.1 Å². The molecule has 1 aromatic carbocycles. The van der Waals surface area contributed by atoms with Crippen molar-refractivity contribution in [2.75, 3.05) is 5.32 Å². The normalized spacial score (nSPS) is 10.6. The van der Waals surface area contributed by atoms with Crippen LogP contribution in [0.25, 0.3) is 0 Å². The maximum Gasteiger partial charge on any atom is 0.292 e. The summed E-state index contributed by atoms with van der Waals surface area (Å²) in [5, 5.41) is 14.1. The largest absolute Gasteiger partial charge is 0.375 e. The Labute approximate surface area is 118 Å². The van der Waals surface area contributed by atoms with Crippen LogP contribution in [0.5, 0.6) is 0 Å². The first-order valence-corrected chi connectivity index (χ1v) is 6.67. The Morgan fingerprint density at radius 3 is 2.60 bits per heavy atom. The standard InChI is InChI=1S/C15H19N3O2/c1-4-17-11(2)9-13(12(17)3)10-16-14-7-5-6-8-15(14)18(19)20/h5-9,16H,4,10H2,1-3H3. The maximum absolute atomic E-state index is 11.0. The number of nitrogens with one attached hydrogen (secondary N) is 1. The van der Waals surface area contributed by atoms with Crippen molar-refractivity contribution in [3.63, 3.8) is 0 Å². The van der Waals surface area contributed by atoms with Crippen LogP contribution in [0.15, 0.2) is 30.3 Å². The Balaban J connectivity index is 2.19. The van der Waals surface area contributed by atoms with Crippen LogP contribution in [0.1, 0.15) is 23.9 Å². The summed E-state index contributed by atoms with van der Waals surface area (Å²) in [5.74, 6) is 0. The minimum absolute atomic E-state index is 0.108. The summed E-state index contributed by atoms with van der Waals surface area (Å²) >= 11 is 0. The summed E-state index contributed by atoms with van der Waals surface area (Å²) < 4.78 is 2.23. The molecule has 20 heavy (non-hydrogen) atoms. The van der Waals surface area contributed by atoms with Crippen molar-refractivity contribution in [3.8, 4) is 0 Å². The Morgan fingerprint density at radius 2 is 2.00 bits per heavy atom. The SMILES string of the molecule is CCn1c(C)cc(CNc2ccccc2[N+](=O)[O-])c1C. The second-order valence-electron chi connectivity index (χ2n) is 4.77. The highest BCUT2D eigenvalue weighted by Gasteiger charge is 2.13. The average molecular weight is 273 g/mol. The lowest BCUT2D eigenvalue weighted by Gasteiger charge is -2.08. The van der Waals surface area contributed by atoms with Crippen LogP contribution in [-0.2, 0) is 13.1 Å². The van der Waals surface area contributed by atoms with E-state index >= 15 is 0 Å². The van der Waals surface area contributed by atoms with Crippen molar-refractivity contribution >= 4 is 11.4 Å². The summed E-state index contributed by atoms with van der Waals surface area (Å²) in [5.41, 5.74) is 4.25. The monoisotopic (exact) mass is 273 g/mol. The van der Waals surface area contributed by atoms with E-state index in [0.717, 1.165) is 6.54 Å². The van der Waals surface area contributed by atoms with E-state index in [1.54, 1.807) is 18.2 Å². The van der Waals surface area contributed by atoms with E-state index in [9.17, 15) is 10.1 Å². The Kier molecular flexibility index (Phi) is 4.08. The molecule has 0 aliphatic rings. The number of rotatable bonds is 5. The number of hydrogen-bond acceptors (Lipinski definition) is 3. The van der Waals surface area contributed by atoms with Gasteiger partial charge in [-0.3, -0.25) is 10.1 Å². The number of para-hydroxylation sites is 2. The molecule has 1 aromatic heterocycles. The molecule has 0 aliphatic heterocycles. The van der Waals surface area contributed by atoms with E-state index in [4.69, 9.17) is 0 Å². The quantitative estimate of drug-likeness (QED) is 0.668. The summed E-state index contributed by atoms with van der Waals surface area (Å²) in [6.07, 6.45) is 0. The number of anilines is 1. The van der Waals surface area contributed by atoms with Crippen LogP contribution in [0.2, 0.25) is 0 Å². The summed E-state index contributed by atoms with van der Waals surface area (Å²) in [4.78, 5) is 10.6. The minimum atomic E-state index is -0.363. The predicted octanol–water partition coefficient (Wildman–Crippen LogP) is 3.65. The van der Waals surface area contributed by atoms with E-state index in [1.807, 2.05) is 0 Å². The minimum Gasteiger partial charge on any atom is -0.375 e. The van der Waals surface area contributed by atoms with Crippen LogP contribution in [0.3, 0.4) is 0 Å². The molecule has 1 heterocycles. The first kappa shape index (κ1) is 14.1. The molecule has 0 amide bonds. The van der Waals surface area contributed by atoms with Gasteiger partial charge in [-0.05, 0) is 38.5 Å². The van der Waals surface area contributed by atoms with Gasteiger partial charge in [0.15, 0.2) is 0 Å². The van der Waals surface area contributed by atoms with Gasteiger partial charge in [-0.2, -0.15) is 0 Å². The van der Waals surface area contributed by atoms with Crippen LogP contribution in [0.4, 0.5) is 11.4 Å². The fourth-order valence-electron chi connectivity index (χ4n) is 2.51. The number of aromatic nitrogens is 1. The first-order valence-electron chi connectivity index (χ1n) is 6.67. The molecule has 0 atom stereocenters. The highest BCUT2D eigenvalue weighted by molar-refractivity contribution is 5.61. The Bertz CT molecular complexity index is 632. The van der Waals surface area contributed by atoms with Crippen molar-refractivity contribution in [3.05, 3.63) is 57.4 Å². The van der Waals surface area contributed by atoms with Crippen molar-refractivity contribution in [2.45, 2.75) is 33.9 Å². The van der Waals surface area contributed by atoms with E-state index in [0.29, 0.717) is 12.2 Å². The maximum atomic E-state index is 11.0. The van der Waals surface area contributed by atoms with Gasteiger partial charge in [-0.1, -0.05) is 12.1 Å². The zero-order valence-electron chi connectivity index (χ0n) is 12.0. The van der Waals surface area contributed by atoms with Gasteiger partial charge in [0.25, 0.3) is 5.69 Å². The van der Waals surface area contributed by atoms with Gasteiger partial charge >= 0.3 is 0 Å². The molecule has 5 heteroatoms. The first-order chi connectivity index (χ1) is 9.54. The van der Waals surface area contributed by atoms with E-state index in [-0.39, 0.29) is 10.6 Å². The molecule has 0 spiro atoms. The zero-order chi connectivity index (χ0) is 14.7. The highest BCUT2D eigenvalue weighted by Crippen LogP contribution is 2.24. The van der Waals surface area contributed by atoms with Crippen LogP contribution in [0, 0.1) is 24.0 Å². The fourth-order valence-corrected chi connectivity index (χ4v) is 2.51. The van der Waals surface area contributed by atoms with Crippen LogP contribution >= 0.6 is 0 Å². The van der Waals surface area contributed by atoms with Gasteiger partial charge in [0, 0.05) is 30.5 Å². The van der Waals surface area contributed by atoms with E-state index < -0.39 is 0 Å². The summed E-state index contributed by atoms with van der Waals surface area (Å²) in [7, 11) is 0. The molecule has 0 saturated carbocycles. The van der Waals surface area contributed by atoms with Crippen LogP contribution < -0.4 is 5.32 Å². The van der Waals surface area contributed by atoms with Crippen molar-refractivity contribution in [1.29, 1.82) is 0 Å². The number of nitro groups is 1.